The Morgan fingerprint density at radius 3 is 2.77 bits per heavy atom. The molecule has 2 N–H and O–H groups in total. The molecule has 6 nitrogen and oxygen atoms in total. The van der Waals surface area contributed by atoms with Crippen LogP contribution in [0.4, 0.5) is 0 Å². The van der Waals surface area contributed by atoms with Crippen molar-refractivity contribution < 1.29 is 4.79 Å². The highest BCUT2D eigenvalue weighted by atomic mass is 32.2. The summed E-state index contributed by atoms with van der Waals surface area (Å²) in [4.78, 5) is 31.5. The van der Waals surface area contributed by atoms with Crippen LogP contribution in [0.25, 0.3) is 21.5 Å². The van der Waals surface area contributed by atoms with Crippen molar-refractivity contribution >= 4 is 39.2 Å². The molecule has 3 aromatic heterocycles. The SMILES string of the molecule is CC[C@@H](NC(=O)CSc1ncnc2sc(C)c(C)c12)c1ncc(-c2ccccc2)[nH]1. The highest BCUT2D eigenvalue weighted by Gasteiger charge is 2.18. The van der Waals surface area contributed by atoms with E-state index in [2.05, 4.69) is 39.1 Å². The van der Waals surface area contributed by atoms with Gasteiger partial charge in [-0.15, -0.1) is 11.3 Å². The van der Waals surface area contributed by atoms with Crippen LogP contribution in [-0.2, 0) is 4.79 Å². The second-order valence-corrected chi connectivity index (χ2v) is 9.17. The lowest BCUT2D eigenvalue weighted by Gasteiger charge is -2.14. The first-order chi connectivity index (χ1) is 14.6. The van der Waals surface area contributed by atoms with E-state index in [9.17, 15) is 4.79 Å². The Hall–Kier alpha value is -2.71. The van der Waals surface area contributed by atoms with Crippen LogP contribution < -0.4 is 5.32 Å². The van der Waals surface area contributed by atoms with E-state index < -0.39 is 0 Å². The average Bonchev–Trinajstić information content (AvgIpc) is 3.36. The van der Waals surface area contributed by atoms with Gasteiger partial charge in [0.1, 0.15) is 22.0 Å². The zero-order valence-corrected chi connectivity index (χ0v) is 18.7. The van der Waals surface area contributed by atoms with Gasteiger partial charge in [0, 0.05) is 10.3 Å². The molecule has 1 amide bonds. The monoisotopic (exact) mass is 437 g/mol. The molecule has 0 aliphatic carbocycles. The smallest absolute Gasteiger partial charge is 0.231 e. The van der Waals surface area contributed by atoms with Crippen molar-refractivity contribution in [3.8, 4) is 11.3 Å². The second-order valence-electron chi connectivity index (χ2n) is 7.01. The van der Waals surface area contributed by atoms with E-state index in [4.69, 9.17) is 0 Å². The number of thiophene rings is 1. The molecule has 0 unspecified atom stereocenters. The number of carbonyl (C=O) groups excluding carboxylic acids is 1. The molecule has 1 aromatic carbocycles. The number of nitrogens with zero attached hydrogens (tertiary/aromatic N) is 3. The van der Waals surface area contributed by atoms with Crippen molar-refractivity contribution in [2.75, 3.05) is 5.75 Å². The Morgan fingerprint density at radius 2 is 2.00 bits per heavy atom. The van der Waals surface area contributed by atoms with Gasteiger partial charge < -0.3 is 10.3 Å². The second kappa shape index (κ2) is 8.97. The topological polar surface area (TPSA) is 83.6 Å². The normalized spacial score (nSPS) is 12.2. The minimum Gasteiger partial charge on any atom is -0.345 e. The number of aromatic amines is 1. The average molecular weight is 438 g/mol. The van der Waals surface area contributed by atoms with E-state index in [1.54, 1.807) is 17.7 Å². The summed E-state index contributed by atoms with van der Waals surface area (Å²) in [5.41, 5.74) is 3.20. The Balaban J connectivity index is 1.43. The Morgan fingerprint density at radius 1 is 1.20 bits per heavy atom. The van der Waals surface area contributed by atoms with Crippen molar-refractivity contribution in [3.05, 3.63) is 59.1 Å². The zero-order chi connectivity index (χ0) is 21.1. The number of nitrogens with one attached hydrogen (secondary N) is 2. The lowest BCUT2D eigenvalue weighted by atomic mass is 10.2. The summed E-state index contributed by atoms with van der Waals surface area (Å²) in [6.07, 6.45) is 4.13. The third kappa shape index (κ3) is 4.24. The molecule has 0 aliphatic rings. The molecule has 0 saturated carbocycles. The van der Waals surface area contributed by atoms with Crippen molar-refractivity contribution in [1.82, 2.24) is 25.3 Å². The van der Waals surface area contributed by atoms with Crippen LogP contribution in [0.15, 0.2) is 47.9 Å². The number of aryl methyl sites for hydroxylation is 2. The van der Waals surface area contributed by atoms with Gasteiger partial charge in [-0.2, -0.15) is 0 Å². The van der Waals surface area contributed by atoms with E-state index in [0.29, 0.717) is 5.75 Å². The molecule has 154 valence electrons. The van der Waals surface area contributed by atoms with Crippen molar-refractivity contribution in [1.29, 1.82) is 0 Å². The zero-order valence-electron chi connectivity index (χ0n) is 17.1. The number of thioether (sulfide) groups is 1. The number of rotatable bonds is 7. The highest BCUT2D eigenvalue weighted by Crippen LogP contribution is 2.34. The van der Waals surface area contributed by atoms with Crippen LogP contribution in [0.5, 0.6) is 0 Å². The molecular formula is C22H23N5OS2. The molecule has 8 heteroatoms. The fraction of sp³-hybridized carbons (Fsp3) is 0.273. The van der Waals surface area contributed by atoms with E-state index in [-0.39, 0.29) is 11.9 Å². The summed E-state index contributed by atoms with van der Waals surface area (Å²) >= 11 is 3.11. The maximum atomic E-state index is 12.6. The lowest BCUT2D eigenvalue weighted by molar-refractivity contribution is -0.119. The van der Waals surface area contributed by atoms with Gasteiger partial charge in [-0.1, -0.05) is 49.0 Å². The number of hydrogen-bond donors (Lipinski definition) is 2. The van der Waals surface area contributed by atoms with E-state index in [0.717, 1.165) is 38.7 Å². The molecule has 4 rings (SSSR count). The Kier molecular flexibility index (Phi) is 6.15. The van der Waals surface area contributed by atoms with Crippen LogP contribution in [0.2, 0.25) is 0 Å². The molecule has 0 saturated heterocycles. The van der Waals surface area contributed by atoms with Gasteiger partial charge in [-0.25, -0.2) is 15.0 Å². The van der Waals surface area contributed by atoms with Crippen molar-refractivity contribution in [2.24, 2.45) is 0 Å². The maximum Gasteiger partial charge on any atom is 0.231 e. The van der Waals surface area contributed by atoms with Gasteiger partial charge in [-0.3, -0.25) is 4.79 Å². The van der Waals surface area contributed by atoms with Gasteiger partial charge in [0.15, 0.2) is 0 Å². The molecule has 1 atom stereocenters. The van der Waals surface area contributed by atoms with Crippen LogP contribution in [0.3, 0.4) is 0 Å². The summed E-state index contributed by atoms with van der Waals surface area (Å²) < 4.78 is 0. The van der Waals surface area contributed by atoms with Crippen LogP contribution in [0, 0.1) is 13.8 Å². The number of imidazole rings is 1. The standard InChI is InChI=1S/C22H23N5OS2/c1-4-16(20-23-10-17(27-20)15-8-6-5-7-9-15)26-18(28)11-29-21-19-13(2)14(3)30-22(19)25-12-24-21/h5-10,12,16H,4,11H2,1-3H3,(H,23,27)(H,26,28)/t16-/m1/s1. The predicted molar refractivity (Wildman–Crippen MR) is 123 cm³/mol. The van der Waals surface area contributed by atoms with E-state index in [1.165, 1.54) is 22.2 Å². The number of benzene rings is 1. The molecule has 0 fully saturated rings. The summed E-state index contributed by atoms with van der Waals surface area (Å²) in [7, 11) is 0. The molecule has 4 aromatic rings. The highest BCUT2D eigenvalue weighted by molar-refractivity contribution is 8.00. The summed E-state index contributed by atoms with van der Waals surface area (Å²) in [6.45, 7) is 6.20. The molecular weight excluding hydrogens is 414 g/mol. The predicted octanol–water partition coefficient (Wildman–Crippen LogP) is 5.06. The largest absolute Gasteiger partial charge is 0.345 e. The fourth-order valence-electron chi connectivity index (χ4n) is 3.27. The minimum atomic E-state index is -0.161. The summed E-state index contributed by atoms with van der Waals surface area (Å²) in [5.74, 6) is 1.02. The van der Waals surface area contributed by atoms with Crippen LogP contribution >= 0.6 is 23.1 Å². The lowest BCUT2D eigenvalue weighted by Crippen LogP contribution is -2.30. The first-order valence-corrected chi connectivity index (χ1v) is 11.6. The molecule has 0 aliphatic heterocycles. The fourth-order valence-corrected chi connectivity index (χ4v) is 5.20. The maximum absolute atomic E-state index is 12.6. The first kappa shape index (κ1) is 20.6. The number of amides is 1. The number of aromatic nitrogens is 4. The third-order valence-electron chi connectivity index (χ3n) is 5.02. The van der Waals surface area contributed by atoms with Gasteiger partial charge >= 0.3 is 0 Å². The molecule has 30 heavy (non-hydrogen) atoms. The minimum absolute atomic E-state index is 0.0409. The molecule has 3 heterocycles. The molecule has 0 radical (unpaired) electrons. The summed E-state index contributed by atoms with van der Waals surface area (Å²) in [6, 6.07) is 9.87. The summed E-state index contributed by atoms with van der Waals surface area (Å²) in [5, 5.41) is 5.01. The number of fused-ring (bicyclic) bond motifs is 1. The van der Waals surface area contributed by atoms with Gasteiger partial charge in [0.2, 0.25) is 5.91 Å². The van der Waals surface area contributed by atoms with Gasteiger partial charge in [0.25, 0.3) is 0 Å². The van der Waals surface area contributed by atoms with Crippen molar-refractivity contribution in [2.45, 2.75) is 38.3 Å². The third-order valence-corrected chi connectivity index (χ3v) is 7.13. The number of hydrogen-bond acceptors (Lipinski definition) is 6. The Labute approximate surface area is 183 Å². The number of carbonyl (C=O) groups is 1. The molecule has 0 spiro atoms. The first-order valence-electron chi connectivity index (χ1n) is 9.80. The number of H-pyrrole nitrogens is 1. The quantitative estimate of drug-likeness (QED) is 0.312. The van der Waals surface area contributed by atoms with Crippen molar-refractivity contribution in [3.63, 3.8) is 0 Å². The molecule has 0 bridgehead atoms. The van der Waals surface area contributed by atoms with Gasteiger partial charge in [0.05, 0.1) is 23.7 Å². The van der Waals surface area contributed by atoms with Gasteiger partial charge in [-0.05, 0) is 31.4 Å². The Bertz CT molecular complexity index is 1170. The van der Waals surface area contributed by atoms with Crippen LogP contribution in [-0.4, -0.2) is 31.6 Å². The van der Waals surface area contributed by atoms with E-state index in [1.807, 2.05) is 43.5 Å². The van der Waals surface area contributed by atoms with Crippen LogP contribution in [0.1, 0.15) is 35.7 Å². The van der Waals surface area contributed by atoms with E-state index >= 15 is 0 Å².